The Morgan fingerprint density at radius 1 is 0.872 bits per heavy atom. The maximum absolute atomic E-state index is 13.4. The summed E-state index contributed by atoms with van der Waals surface area (Å²) in [6, 6.07) is 0.232. The summed E-state index contributed by atoms with van der Waals surface area (Å²) >= 11 is 6.16. The Morgan fingerprint density at radius 2 is 1.38 bits per heavy atom. The molecule has 0 aromatic heterocycles. The molecule has 1 heterocycles. The van der Waals surface area contributed by atoms with Gasteiger partial charge in [-0.05, 0) is 81.1 Å². The Balaban J connectivity index is 2.13. The van der Waals surface area contributed by atoms with Crippen LogP contribution < -0.4 is 0 Å². The highest BCUT2D eigenvalue weighted by Crippen LogP contribution is 2.46. The molecule has 14 heteroatoms. The van der Waals surface area contributed by atoms with E-state index in [9.17, 15) is 49.4 Å². The van der Waals surface area contributed by atoms with Crippen LogP contribution in [0.3, 0.4) is 0 Å². The summed E-state index contributed by atoms with van der Waals surface area (Å²) in [5.74, 6) is 0. The van der Waals surface area contributed by atoms with E-state index in [1.165, 1.54) is 20.8 Å². The Bertz CT molecular complexity index is 1190. The van der Waals surface area contributed by atoms with Gasteiger partial charge in [-0.1, -0.05) is 11.6 Å². The minimum absolute atomic E-state index is 0.109. The van der Waals surface area contributed by atoms with Crippen molar-refractivity contribution in [3.63, 3.8) is 0 Å². The van der Waals surface area contributed by atoms with Crippen molar-refractivity contribution in [1.29, 1.82) is 0 Å². The number of aliphatic hydroxyl groups is 1. The van der Waals surface area contributed by atoms with Crippen molar-refractivity contribution in [2.45, 2.75) is 75.9 Å². The first kappa shape index (κ1) is 30.9. The average molecular weight is 592 g/mol. The van der Waals surface area contributed by atoms with Crippen LogP contribution in [0.15, 0.2) is 36.4 Å². The molecule has 1 amide bonds. The molecule has 0 radical (unpaired) electrons. The number of benzene rings is 2. The third-order valence-electron chi connectivity index (χ3n) is 6.03. The molecule has 2 aromatic carbocycles. The van der Waals surface area contributed by atoms with Crippen molar-refractivity contribution in [1.82, 2.24) is 4.90 Å². The number of rotatable bonds is 3. The first-order chi connectivity index (χ1) is 17.6. The number of aliphatic hydroxyl groups excluding tert-OH is 1. The van der Waals surface area contributed by atoms with Crippen LogP contribution >= 0.6 is 11.6 Å². The van der Waals surface area contributed by atoms with Crippen molar-refractivity contribution in [3.05, 3.63) is 69.2 Å². The molecule has 1 N–H and O–H groups in total. The minimum atomic E-state index is -5.19. The summed E-state index contributed by atoms with van der Waals surface area (Å²) < 4.78 is 126. The summed E-state index contributed by atoms with van der Waals surface area (Å²) in [5, 5.41) is 10.9. The van der Waals surface area contributed by atoms with E-state index in [1.54, 1.807) is 0 Å². The van der Waals surface area contributed by atoms with Gasteiger partial charge in [0.2, 0.25) is 0 Å². The standard InChI is InChI=1S/C25H23ClF9NO3/c1-22(2,3)39-21(38)36-18(16-11-13(23(27,28)29)4-5-17(16)26)6-7-19(36)20(37)12-8-14(24(30,31)32)10-15(9-12)25(33,34)35/h4-5,8-11,18-20,37H,6-7H2,1-3H3/t18-,19-,20+/m0/s1. The Labute approximate surface area is 222 Å². The van der Waals surface area contributed by atoms with E-state index < -0.39 is 70.7 Å². The molecule has 0 saturated carbocycles. The van der Waals surface area contributed by atoms with Gasteiger partial charge in [0, 0.05) is 5.02 Å². The molecule has 1 fully saturated rings. The van der Waals surface area contributed by atoms with E-state index in [0.717, 1.165) is 11.0 Å². The lowest BCUT2D eigenvalue weighted by atomic mass is 9.96. The van der Waals surface area contributed by atoms with Crippen molar-refractivity contribution in [2.24, 2.45) is 0 Å². The zero-order valence-corrected chi connectivity index (χ0v) is 21.4. The van der Waals surface area contributed by atoms with Gasteiger partial charge in [-0.2, -0.15) is 39.5 Å². The predicted octanol–water partition coefficient (Wildman–Crippen LogP) is 8.57. The largest absolute Gasteiger partial charge is 0.444 e. The molecule has 1 saturated heterocycles. The molecule has 2 aromatic rings. The lowest BCUT2D eigenvalue weighted by Gasteiger charge is -2.35. The van der Waals surface area contributed by atoms with Crippen LogP contribution in [0.2, 0.25) is 5.02 Å². The van der Waals surface area contributed by atoms with E-state index in [2.05, 4.69) is 0 Å². The number of carbonyl (C=O) groups excluding carboxylic acids is 1. The number of alkyl halides is 9. The van der Waals surface area contributed by atoms with E-state index in [-0.39, 0.29) is 29.5 Å². The Hall–Kier alpha value is -2.67. The fourth-order valence-electron chi connectivity index (χ4n) is 4.38. The normalized spacial score (nSPS) is 19.8. The lowest BCUT2D eigenvalue weighted by molar-refractivity contribution is -0.143. The Morgan fingerprint density at radius 3 is 1.85 bits per heavy atom. The third kappa shape index (κ3) is 7.10. The SMILES string of the molecule is CC(C)(C)OC(=O)N1[C@H](c2cc(C(F)(F)F)ccc2Cl)CC[C@H]1[C@H](O)c1cc(C(F)(F)F)cc(C(F)(F)F)c1. The highest BCUT2D eigenvalue weighted by molar-refractivity contribution is 6.31. The van der Waals surface area contributed by atoms with Gasteiger partial charge in [0.15, 0.2) is 0 Å². The first-order valence-corrected chi connectivity index (χ1v) is 11.8. The topological polar surface area (TPSA) is 49.8 Å². The van der Waals surface area contributed by atoms with Gasteiger partial charge < -0.3 is 9.84 Å². The number of hydrogen-bond donors (Lipinski definition) is 1. The maximum atomic E-state index is 13.4. The lowest BCUT2D eigenvalue weighted by Crippen LogP contribution is -2.43. The smallest absolute Gasteiger partial charge is 0.416 e. The fraction of sp³-hybridized carbons (Fsp3) is 0.480. The minimum Gasteiger partial charge on any atom is -0.444 e. The second-order valence-corrected chi connectivity index (χ2v) is 10.5. The molecular weight excluding hydrogens is 569 g/mol. The van der Waals surface area contributed by atoms with Crippen molar-refractivity contribution in [2.75, 3.05) is 0 Å². The fourth-order valence-corrected chi connectivity index (χ4v) is 4.62. The molecule has 1 aliphatic heterocycles. The second-order valence-electron chi connectivity index (χ2n) is 10.1. The number of hydrogen-bond acceptors (Lipinski definition) is 3. The number of halogens is 10. The summed E-state index contributed by atoms with van der Waals surface area (Å²) in [5.41, 5.74) is -6.55. The van der Waals surface area contributed by atoms with Gasteiger partial charge in [0.25, 0.3) is 0 Å². The van der Waals surface area contributed by atoms with Crippen LogP contribution in [-0.2, 0) is 23.3 Å². The molecule has 39 heavy (non-hydrogen) atoms. The highest BCUT2D eigenvalue weighted by atomic mass is 35.5. The number of nitrogens with zero attached hydrogens (tertiary/aromatic N) is 1. The summed E-state index contributed by atoms with van der Waals surface area (Å²) in [7, 11) is 0. The summed E-state index contributed by atoms with van der Waals surface area (Å²) in [4.78, 5) is 14.0. The molecule has 3 rings (SSSR count). The number of carbonyl (C=O) groups is 1. The van der Waals surface area contributed by atoms with E-state index >= 15 is 0 Å². The number of likely N-dealkylation sites (tertiary alicyclic amines) is 1. The van der Waals surface area contributed by atoms with Gasteiger partial charge in [-0.15, -0.1) is 0 Å². The molecule has 4 nitrogen and oxygen atoms in total. The van der Waals surface area contributed by atoms with Crippen LogP contribution in [0.1, 0.15) is 73.6 Å². The predicted molar refractivity (Wildman–Crippen MR) is 122 cm³/mol. The highest BCUT2D eigenvalue weighted by Gasteiger charge is 2.46. The first-order valence-electron chi connectivity index (χ1n) is 11.4. The number of ether oxygens (including phenoxy) is 1. The van der Waals surface area contributed by atoms with Crippen LogP contribution in [0.5, 0.6) is 0 Å². The molecular formula is C25H23ClF9NO3. The number of amides is 1. The van der Waals surface area contributed by atoms with Gasteiger partial charge in [0.1, 0.15) is 5.60 Å². The van der Waals surface area contributed by atoms with Crippen LogP contribution in [0.4, 0.5) is 44.3 Å². The summed E-state index contributed by atoms with van der Waals surface area (Å²) in [6.45, 7) is 4.42. The van der Waals surface area contributed by atoms with Gasteiger partial charge in [0.05, 0.1) is 34.9 Å². The van der Waals surface area contributed by atoms with Crippen LogP contribution in [0, 0.1) is 0 Å². The monoisotopic (exact) mass is 591 g/mol. The van der Waals surface area contributed by atoms with Crippen molar-refractivity contribution in [3.8, 4) is 0 Å². The molecule has 0 spiro atoms. The van der Waals surface area contributed by atoms with E-state index in [4.69, 9.17) is 16.3 Å². The van der Waals surface area contributed by atoms with E-state index in [1.807, 2.05) is 0 Å². The molecule has 0 bridgehead atoms. The van der Waals surface area contributed by atoms with Crippen molar-refractivity contribution >= 4 is 17.7 Å². The Kier molecular flexibility index (Phi) is 8.22. The molecule has 0 aliphatic carbocycles. The second kappa shape index (κ2) is 10.4. The van der Waals surface area contributed by atoms with Gasteiger partial charge in [-0.3, -0.25) is 4.90 Å². The summed E-state index contributed by atoms with van der Waals surface area (Å²) in [6.07, 6.45) is -18.7. The molecule has 3 atom stereocenters. The third-order valence-corrected chi connectivity index (χ3v) is 6.38. The molecule has 1 aliphatic rings. The van der Waals surface area contributed by atoms with Crippen LogP contribution in [0.25, 0.3) is 0 Å². The zero-order chi connectivity index (χ0) is 29.7. The molecule has 216 valence electrons. The zero-order valence-electron chi connectivity index (χ0n) is 20.6. The average Bonchev–Trinajstić information content (AvgIpc) is 3.20. The van der Waals surface area contributed by atoms with E-state index in [0.29, 0.717) is 24.3 Å². The van der Waals surface area contributed by atoms with Gasteiger partial charge >= 0.3 is 24.6 Å². The molecule has 0 unspecified atom stereocenters. The quantitative estimate of drug-likeness (QED) is 0.364. The van der Waals surface area contributed by atoms with Crippen LogP contribution in [-0.4, -0.2) is 27.7 Å². The van der Waals surface area contributed by atoms with Crippen molar-refractivity contribution < 1.29 is 54.2 Å². The van der Waals surface area contributed by atoms with Gasteiger partial charge in [-0.25, -0.2) is 4.79 Å². The maximum Gasteiger partial charge on any atom is 0.416 e.